The highest BCUT2D eigenvalue weighted by Gasteiger charge is 2.25. The van der Waals surface area contributed by atoms with E-state index >= 15 is 0 Å². The number of aliphatic imine (C=N–C) groups is 1. The molecular weight excluding hydrogens is 304 g/mol. The summed E-state index contributed by atoms with van der Waals surface area (Å²) in [7, 11) is 0. The van der Waals surface area contributed by atoms with Crippen LogP contribution >= 0.6 is 23.1 Å². The smallest absolute Gasteiger partial charge is 0.155 e. The first-order chi connectivity index (χ1) is 10.2. The molecule has 0 saturated heterocycles. The molecule has 0 bridgehead atoms. The molecule has 1 aromatic heterocycles. The third-order valence-corrected chi connectivity index (χ3v) is 5.93. The minimum atomic E-state index is -0.200. The molecule has 21 heavy (non-hydrogen) atoms. The number of hydrogen-bond donors (Lipinski definition) is 0. The van der Waals surface area contributed by atoms with E-state index in [1.807, 2.05) is 6.07 Å². The van der Waals surface area contributed by atoms with Crippen molar-refractivity contribution in [3.05, 3.63) is 22.7 Å². The summed E-state index contributed by atoms with van der Waals surface area (Å²) in [6, 6.07) is 4.02. The van der Waals surface area contributed by atoms with E-state index in [1.165, 1.54) is 10.3 Å². The van der Waals surface area contributed by atoms with E-state index in [2.05, 4.69) is 16.0 Å². The summed E-state index contributed by atoms with van der Waals surface area (Å²) in [6.07, 6.45) is 2.15. The zero-order valence-electron chi connectivity index (χ0n) is 11.6. The Bertz CT molecular complexity index is 723. The van der Waals surface area contributed by atoms with Crippen molar-refractivity contribution in [1.82, 2.24) is 4.98 Å². The monoisotopic (exact) mass is 318 g/mol. The Morgan fingerprint density at radius 1 is 1.43 bits per heavy atom. The summed E-state index contributed by atoms with van der Waals surface area (Å²) < 4.78 is 6.87. The predicted octanol–water partition coefficient (Wildman–Crippen LogP) is 3.07. The average molecular weight is 318 g/mol. The lowest BCUT2D eigenvalue weighted by atomic mass is 10.1. The van der Waals surface area contributed by atoms with Crippen molar-refractivity contribution in [2.24, 2.45) is 4.99 Å². The van der Waals surface area contributed by atoms with E-state index in [0.717, 1.165) is 46.5 Å². The molecule has 1 aromatic carbocycles. The van der Waals surface area contributed by atoms with Gasteiger partial charge in [0.15, 0.2) is 5.78 Å². The number of carbonyl (C=O) groups excluding carboxylic acids is 1. The van der Waals surface area contributed by atoms with Gasteiger partial charge in [0.25, 0.3) is 0 Å². The van der Waals surface area contributed by atoms with Gasteiger partial charge in [-0.2, -0.15) is 0 Å². The average Bonchev–Trinajstić information content (AvgIpc) is 3.11. The number of aryl methyl sites for hydroxylation is 1. The summed E-state index contributed by atoms with van der Waals surface area (Å²) in [6.45, 7) is 2.39. The fourth-order valence-corrected chi connectivity index (χ4v) is 4.76. The van der Waals surface area contributed by atoms with Crippen molar-refractivity contribution in [1.29, 1.82) is 0 Å². The molecule has 0 aliphatic carbocycles. The second-order valence-corrected chi connectivity index (χ2v) is 7.31. The first kappa shape index (κ1) is 13.3. The Kier molecular flexibility index (Phi) is 3.23. The maximum Gasteiger partial charge on any atom is 0.155 e. The summed E-state index contributed by atoms with van der Waals surface area (Å²) >= 11 is 3.28. The molecule has 2 aliphatic heterocycles. The van der Waals surface area contributed by atoms with Crippen LogP contribution in [0.2, 0.25) is 0 Å². The third kappa shape index (κ3) is 2.36. The van der Waals surface area contributed by atoms with Gasteiger partial charge < -0.3 is 4.74 Å². The molecule has 4 rings (SSSR count). The number of rotatable bonds is 2. The Balaban J connectivity index is 1.74. The lowest BCUT2D eigenvalue weighted by molar-refractivity contribution is -0.117. The number of benzene rings is 1. The number of ether oxygens (including phenoxy) is 1. The van der Waals surface area contributed by atoms with Crippen LogP contribution in [-0.2, 0) is 11.2 Å². The zero-order chi connectivity index (χ0) is 14.4. The van der Waals surface area contributed by atoms with E-state index in [9.17, 15) is 4.79 Å². The first-order valence-electron chi connectivity index (χ1n) is 6.98. The van der Waals surface area contributed by atoms with Crippen LogP contribution in [0.3, 0.4) is 0 Å². The molecule has 4 nitrogen and oxygen atoms in total. The van der Waals surface area contributed by atoms with Crippen molar-refractivity contribution in [2.45, 2.75) is 25.8 Å². The van der Waals surface area contributed by atoms with Crippen LogP contribution in [0.5, 0.6) is 5.75 Å². The largest absolute Gasteiger partial charge is 0.493 e. The number of ketones is 1. The van der Waals surface area contributed by atoms with E-state index in [0.29, 0.717) is 0 Å². The minimum Gasteiger partial charge on any atom is -0.493 e. The van der Waals surface area contributed by atoms with Crippen molar-refractivity contribution < 1.29 is 9.53 Å². The lowest BCUT2D eigenvalue weighted by Crippen LogP contribution is -2.14. The van der Waals surface area contributed by atoms with E-state index in [1.54, 1.807) is 30.0 Å². The van der Waals surface area contributed by atoms with Gasteiger partial charge in [0.05, 0.1) is 16.8 Å². The van der Waals surface area contributed by atoms with Crippen LogP contribution in [0, 0.1) is 0 Å². The number of nitrogens with zero attached hydrogens (tertiary/aromatic N) is 2. The SMILES string of the molecule is CC(=O)[C@H]1CSC(c2nc3cc4c(cc3s2)CCCO4)=N1. The van der Waals surface area contributed by atoms with Gasteiger partial charge in [-0.1, -0.05) is 0 Å². The maximum absolute atomic E-state index is 11.4. The quantitative estimate of drug-likeness (QED) is 0.854. The molecule has 6 heteroatoms. The Morgan fingerprint density at radius 2 is 2.33 bits per heavy atom. The molecule has 0 radical (unpaired) electrons. The molecule has 2 aliphatic rings. The van der Waals surface area contributed by atoms with Gasteiger partial charge in [0.1, 0.15) is 21.8 Å². The highest BCUT2D eigenvalue weighted by atomic mass is 32.2. The first-order valence-corrected chi connectivity index (χ1v) is 8.78. The predicted molar refractivity (Wildman–Crippen MR) is 86.9 cm³/mol. The van der Waals surface area contributed by atoms with Crippen LogP contribution in [0.1, 0.15) is 23.9 Å². The fraction of sp³-hybridized carbons (Fsp3) is 0.400. The molecule has 0 spiro atoms. The number of aromatic nitrogens is 1. The molecule has 3 heterocycles. The number of thioether (sulfide) groups is 1. The molecule has 1 atom stereocenters. The molecule has 2 aromatic rings. The number of carbonyl (C=O) groups is 1. The minimum absolute atomic E-state index is 0.127. The summed E-state index contributed by atoms with van der Waals surface area (Å²) in [5.41, 5.74) is 2.23. The molecule has 0 fully saturated rings. The van der Waals surface area contributed by atoms with Crippen molar-refractivity contribution in [2.75, 3.05) is 12.4 Å². The number of hydrogen-bond acceptors (Lipinski definition) is 6. The summed E-state index contributed by atoms with van der Waals surface area (Å²) in [4.78, 5) is 20.6. The van der Waals surface area contributed by atoms with Gasteiger partial charge >= 0.3 is 0 Å². The van der Waals surface area contributed by atoms with Crippen LogP contribution in [-0.4, -0.2) is 34.2 Å². The molecule has 108 valence electrons. The van der Waals surface area contributed by atoms with Gasteiger partial charge in [0.2, 0.25) is 0 Å². The normalized spacial score (nSPS) is 21.0. The standard InChI is InChI=1S/C15H14N2O2S2/c1-8(18)11-7-20-14(17-11)15-16-10-6-12-9(3-2-4-19-12)5-13(10)21-15/h5-6,11H,2-4,7H2,1H3/t11-/m1/s1. The molecule has 0 amide bonds. The van der Waals surface area contributed by atoms with E-state index in [4.69, 9.17) is 4.74 Å². The fourth-order valence-electron chi connectivity index (χ4n) is 2.56. The lowest BCUT2D eigenvalue weighted by Gasteiger charge is -2.16. The number of fused-ring (bicyclic) bond motifs is 2. The van der Waals surface area contributed by atoms with Gasteiger partial charge in [-0.15, -0.1) is 23.1 Å². The van der Waals surface area contributed by atoms with E-state index in [-0.39, 0.29) is 11.8 Å². The molecule has 0 unspecified atom stereocenters. The molecule has 0 saturated carbocycles. The highest BCUT2D eigenvalue weighted by molar-refractivity contribution is 8.15. The van der Waals surface area contributed by atoms with Gasteiger partial charge in [-0.25, -0.2) is 4.98 Å². The molecule has 0 N–H and O–H groups in total. The second-order valence-electron chi connectivity index (χ2n) is 5.27. The van der Waals surface area contributed by atoms with Crippen LogP contribution in [0.25, 0.3) is 10.2 Å². The summed E-state index contributed by atoms with van der Waals surface area (Å²) in [5, 5.41) is 1.82. The van der Waals surface area contributed by atoms with Crippen LogP contribution in [0.4, 0.5) is 0 Å². The molecular formula is C15H14N2O2S2. The van der Waals surface area contributed by atoms with Gasteiger partial charge in [-0.05, 0) is 31.4 Å². The van der Waals surface area contributed by atoms with E-state index < -0.39 is 0 Å². The van der Waals surface area contributed by atoms with Gasteiger partial charge in [-0.3, -0.25) is 9.79 Å². The van der Waals surface area contributed by atoms with Crippen LogP contribution < -0.4 is 4.74 Å². The zero-order valence-corrected chi connectivity index (χ0v) is 13.2. The van der Waals surface area contributed by atoms with Crippen molar-refractivity contribution >= 4 is 44.1 Å². The Morgan fingerprint density at radius 3 is 3.14 bits per heavy atom. The van der Waals surface area contributed by atoms with Crippen molar-refractivity contribution in [3.63, 3.8) is 0 Å². The maximum atomic E-state index is 11.4. The second kappa shape index (κ2) is 5.10. The number of thiazole rings is 1. The topological polar surface area (TPSA) is 51.5 Å². The highest BCUT2D eigenvalue weighted by Crippen LogP contribution is 2.35. The van der Waals surface area contributed by atoms with Crippen molar-refractivity contribution in [3.8, 4) is 5.75 Å². The summed E-state index contributed by atoms with van der Waals surface area (Å²) in [5.74, 6) is 1.83. The van der Waals surface area contributed by atoms with Gasteiger partial charge in [0, 0.05) is 11.8 Å². The van der Waals surface area contributed by atoms with Crippen LogP contribution in [0.15, 0.2) is 17.1 Å². The Hall–Kier alpha value is -1.40. The Labute approximate surface area is 130 Å². The number of Topliss-reactive ketones (excluding diaryl/α,β-unsaturated/α-hetero) is 1. The third-order valence-electron chi connectivity index (χ3n) is 3.72.